The first kappa shape index (κ1) is 11.8. The zero-order valence-corrected chi connectivity index (χ0v) is 11.1. The summed E-state index contributed by atoms with van der Waals surface area (Å²) in [6, 6.07) is 9.88. The van der Waals surface area contributed by atoms with Crippen molar-refractivity contribution in [1.82, 2.24) is 5.32 Å². The second kappa shape index (κ2) is 5.19. The molecule has 0 bridgehead atoms. The normalized spacial score (nSPS) is 21.1. The van der Waals surface area contributed by atoms with Crippen molar-refractivity contribution in [1.29, 1.82) is 0 Å². The first-order valence-corrected chi connectivity index (χ1v) is 7.01. The maximum absolute atomic E-state index is 5.44. The van der Waals surface area contributed by atoms with E-state index in [1.54, 1.807) is 7.11 Å². The van der Waals surface area contributed by atoms with Gasteiger partial charge in [-0.2, -0.15) is 0 Å². The van der Waals surface area contributed by atoms with Gasteiger partial charge in [-0.15, -0.1) is 0 Å². The molecule has 1 aliphatic heterocycles. The van der Waals surface area contributed by atoms with E-state index in [1.807, 2.05) is 12.1 Å². The van der Waals surface area contributed by atoms with Crippen LogP contribution in [0.15, 0.2) is 24.3 Å². The summed E-state index contributed by atoms with van der Waals surface area (Å²) in [7, 11) is 1.75. The van der Waals surface area contributed by atoms with Gasteiger partial charge in [0.2, 0.25) is 0 Å². The summed E-state index contributed by atoms with van der Waals surface area (Å²) in [5.74, 6) is 0.992. The average molecular weight is 246 g/mol. The van der Waals surface area contributed by atoms with E-state index in [1.165, 1.54) is 31.4 Å². The highest BCUT2D eigenvalue weighted by molar-refractivity contribution is 5.58. The van der Waals surface area contributed by atoms with Crippen molar-refractivity contribution in [3.8, 4) is 5.75 Å². The van der Waals surface area contributed by atoms with E-state index >= 15 is 0 Å². The Hall–Kier alpha value is -1.22. The average Bonchev–Trinajstić information content (AvgIpc) is 3.24. The quantitative estimate of drug-likeness (QED) is 0.883. The second-order valence-corrected chi connectivity index (χ2v) is 5.37. The predicted octanol–water partition coefficient (Wildman–Crippen LogP) is 2.42. The number of para-hydroxylation sites is 2. The predicted molar refractivity (Wildman–Crippen MR) is 74.4 cm³/mol. The highest BCUT2D eigenvalue weighted by atomic mass is 16.5. The number of piperidine rings is 1. The van der Waals surface area contributed by atoms with Gasteiger partial charge in [0.1, 0.15) is 5.75 Å². The zero-order chi connectivity index (χ0) is 12.4. The Morgan fingerprint density at radius 1 is 1.06 bits per heavy atom. The van der Waals surface area contributed by atoms with E-state index in [9.17, 15) is 0 Å². The third-order valence-corrected chi connectivity index (χ3v) is 3.97. The number of nitrogens with zero attached hydrogens (tertiary/aromatic N) is 1. The summed E-state index contributed by atoms with van der Waals surface area (Å²) in [6.07, 6.45) is 5.25. The topological polar surface area (TPSA) is 24.5 Å². The SMILES string of the molecule is COc1ccccc1N1CCC(NC2CC2)CC1. The molecule has 0 amide bonds. The molecule has 18 heavy (non-hydrogen) atoms. The molecule has 1 heterocycles. The largest absolute Gasteiger partial charge is 0.495 e. The number of benzene rings is 1. The smallest absolute Gasteiger partial charge is 0.142 e. The molecule has 2 fully saturated rings. The van der Waals surface area contributed by atoms with Gasteiger partial charge in [-0.25, -0.2) is 0 Å². The molecule has 1 N–H and O–H groups in total. The lowest BCUT2D eigenvalue weighted by molar-refractivity contribution is 0.397. The van der Waals surface area contributed by atoms with Gasteiger partial charge in [0, 0.05) is 25.2 Å². The number of ether oxygens (including phenoxy) is 1. The Balaban J connectivity index is 1.60. The van der Waals surface area contributed by atoms with Crippen LogP contribution in [0.5, 0.6) is 5.75 Å². The Labute approximate surface area is 109 Å². The molecule has 0 aromatic heterocycles. The van der Waals surface area contributed by atoms with Gasteiger partial charge in [-0.3, -0.25) is 0 Å². The third kappa shape index (κ3) is 2.61. The molecule has 1 saturated heterocycles. The fraction of sp³-hybridized carbons (Fsp3) is 0.600. The molecule has 3 heteroatoms. The van der Waals surface area contributed by atoms with Crippen LogP contribution in [0, 0.1) is 0 Å². The minimum absolute atomic E-state index is 0.725. The minimum Gasteiger partial charge on any atom is -0.495 e. The molecule has 0 spiro atoms. The van der Waals surface area contributed by atoms with Crippen molar-refractivity contribution >= 4 is 5.69 Å². The van der Waals surface area contributed by atoms with E-state index in [-0.39, 0.29) is 0 Å². The number of hydrogen-bond donors (Lipinski definition) is 1. The number of rotatable bonds is 4. The maximum atomic E-state index is 5.44. The molecule has 3 rings (SSSR count). The summed E-state index contributed by atoms with van der Waals surface area (Å²) in [6.45, 7) is 2.26. The summed E-state index contributed by atoms with van der Waals surface area (Å²) in [4.78, 5) is 2.45. The van der Waals surface area contributed by atoms with Crippen LogP contribution in [0.25, 0.3) is 0 Å². The monoisotopic (exact) mass is 246 g/mol. The van der Waals surface area contributed by atoms with E-state index in [0.29, 0.717) is 0 Å². The molecule has 1 saturated carbocycles. The molecular weight excluding hydrogens is 224 g/mol. The van der Waals surface area contributed by atoms with Crippen LogP contribution in [0.3, 0.4) is 0 Å². The number of methoxy groups -OCH3 is 1. The van der Waals surface area contributed by atoms with Gasteiger partial charge >= 0.3 is 0 Å². The van der Waals surface area contributed by atoms with Crippen LogP contribution in [0.2, 0.25) is 0 Å². The van der Waals surface area contributed by atoms with Crippen LogP contribution in [0.4, 0.5) is 5.69 Å². The van der Waals surface area contributed by atoms with Crippen LogP contribution < -0.4 is 15.0 Å². The molecular formula is C15H22N2O. The summed E-state index contributed by atoms with van der Waals surface area (Å²) in [5, 5.41) is 3.74. The van der Waals surface area contributed by atoms with Crippen LogP contribution >= 0.6 is 0 Å². The number of anilines is 1. The maximum Gasteiger partial charge on any atom is 0.142 e. The third-order valence-electron chi connectivity index (χ3n) is 3.97. The van der Waals surface area contributed by atoms with E-state index in [0.717, 1.165) is 30.9 Å². The lowest BCUT2D eigenvalue weighted by Gasteiger charge is -2.34. The summed E-state index contributed by atoms with van der Waals surface area (Å²) < 4.78 is 5.44. The molecule has 1 aromatic carbocycles. The van der Waals surface area contributed by atoms with Crippen LogP contribution in [0.1, 0.15) is 25.7 Å². The first-order valence-electron chi connectivity index (χ1n) is 7.01. The van der Waals surface area contributed by atoms with Crippen molar-refractivity contribution in [3.63, 3.8) is 0 Å². The lowest BCUT2D eigenvalue weighted by Crippen LogP contribution is -2.43. The molecule has 0 unspecified atom stereocenters. The summed E-state index contributed by atoms with van der Waals surface area (Å²) >= 11 is 0. The number of nitrogens with one attached hydrogen (secondary N) is 1. The molecule has 98 valence electrons. The fourth-order valence-corrected chi connectivity index (χ4v) is 2.76. The first-order chi connectivity index (χ1) is 8.86. The standard InChI is InChI=1S/C15H22N2O/c1-18-15-5-3-2-4-14(15)17-10-8-13(9-11-17)16-12-6-7-12/h2-5,12-13,16H,6-11H2,1H3. The van der Waals surface area contributed by atoms with E-state index in [4.69, 9.17) is 4.74 Å². The van der Waals surface area contributed by atoms with Gasteiger partial charge in [-0.05, 0) is 37.8 Å². The van der Waals surface area contributed by atoms with Crippen molar-refractivity contribution in [2.45, 2.75) is 37.8 Å². The van der Waals surface area contributed by atoms with Crippen molar-refractivity contribution in [2.75, 3.05) is 25.1 Å². The van der Waals surface area contributed by atoms with Crippen LogP contribution in [-0.4, -0.2) is 32.3 Å². The zero-order valence-electron chi connectivity index (χ0n) is 11.1. The molecule has 0 atom stereocenters. The van der Waals surface area contributed by atoms with Gasteiger partial charge in [0.05, 0.1) is 12.8 Å². The minimum atomic E-state index is 0.725. The van der Waals surface area contributed by atoms with Crippen molar-refractivity contribution in [3.05, 3.63) is 24.3 Å². The van der Waals surface area contributed by atoms with Gasteiger partial charge < -0.3 is 15.0 Å². The molecule has 3 nitrogen and oxygen atoms in total. The Kier molecular flexibility index (Phi) is 3.41. The fourth-order valence-electron chi connectivity index (χ4n) is 2.76. The highest BCUT2D eigenvalue weighted by Crippen LogP contribution is 2.30. The Morgan fingerprint density at radius 2 is 1.72 bits per heavy atom. The van der Waals surface area contributed by atoms with E-state index < -0.39 is 0 Å². The lowest BCUT2D eigenvalue weighted by atomic mass is 10.0. The Morgan fingerprint density at radius 3 is 2.39 bits per heavy atom. The molecule has 1 aromatic rings. The second-order valence-electron chi connectivity index (χ2n) is 5.37. The van der Waals surface area contributed by atoms with Gasteiger partial charge in [0.15, 0.2) is 0 Å². The number of hydrogen-bond acceptors (Lipinski definition) is 3. The van der Waals surface area contributed by atoms with Crippen LogP contribution in [-0.2, 0) is 0 Å². The molecule has 0 radical (unpaired) electrons. The molecule has 1 aliphatic carbocycles. The highest BCUT2D eigenvalue weighted by Gasteiger charge is 2.27. The van der Waals surface area contributed by atoms with Gasteiger partial charge in [0.25, 0.3) is 0 Å². The molecule has 2 aliphatic rings. The van der Waals surface area contributed by atoms with Crippen molar-refractivity contribution < 1.29 is 4.74 Å². The van der Waals surface area contributed by atoms with Crippen molar-refractivity contribution in [2.24, 2.45) is 0 Å². The Bertz CT molecular complexity index is 395. The summed E-state index contributed by atoms with van der Waals surface area (Å²) in [5.41, 5.74) is 1.24. The van der Waals surface area contributed by atoms with E-state index in [2.05, 4.69) is 22.3 Å². The van der Waals surface area contributed by atoms with Gasteiger partial charge in [-0.1, -0.05) is 12.1 Å².